The molecular weight excluding hydrogens is 298 g/mol. The second-order valence-corrected chi connectivity index (χ2v) is 5.78. The van der Waals surface area contributed by atoms with E-state index in [-0.39, 0.29) is 18.4 Å². The van der Waals surface area contributed by atoms with Gasteiger partial charge in [-0.1, -0.05) is 41.9 Å². The van der Waals surface area contributed by atoms with Crippen LogP contribution in [0.5, 0.6) is 0 Å². The molecule has 1 amide bonds. The molecule has 2 aromatic carbocycles. The quantitative estimate of drug-likeness (QED) is 0.856. The first-order chi connectivity index (χ1) is 10.6. The number of halogens is 1. The van der Waals surface area contributed by atoms with Crippen molar-refractivity contribution in [1.29, 1.82) is 0 Å². The fourth-order valence-corrected chi connectivity index (χ4v) is 2.74. The molecule has 0 fully saturated rings. The van der Waals surface area contributed by atoms with Crippen molar-refractivity contribution in [3.8, 4) is 0 Å². The van der Waals surface area contributed by atoms with E-state index in [9.17, 15) is 9.90 Å². The molecule has 0 heterocycles. The Hall–Kier alpha value is -1.84. The number of hydrogen-bond acceptors (Lipinski definition) is 2. The van der Waals surface area contributed by atoms with Crippen LogP contribution in [0.1, 0.15) is 33.8 Å². The van der Waals surface area contributed by atoms with Crippen LogP contribution in [0.4, 0.5) is 0 Å². The summed E-state index contributed by atoms with van der Waals surface area (Å²) in [6, 6.07) is 15.2. The number of amides is 1. The summed E-state index contributed by atoms with van der Waals surface area (Å²) in [5.41, 5.74) is 2.62. The molecule has 1 unspecified atom stereocenters. The van der Waals surface area contributed by atoms with Gasteiger partial charge in [0.15, 0.2) is 0 Å². The molecule has 0 saturated heterocycles. The number of rotatable bonds is 6. The molecule has 2 aromatic rings. The van der Waals surface area contributed by atoms with E-state index in [1.54, 1.807) is 6.07 Å². The van der Waals surface area contributed by atoms with Crippen molar-refractivity contribution < 1.29 is 9.90 Å². The smallest absolute Gasteiger partial charge is 0.251 e. The van der Waals surface area contributed by atoms with Crippen LogP contribution in [0.15, 0.2) is 48.5 Å². The summed E-state index contributed by atoms with van der Waals surface area (Å²) in [4.78, 5) is 12.3. The zero-order valence-electron chi connectivity index (χ0n) is 12.6. The summed E-state index contributed by atoms with van der Waals surface area (Å²) in [6.45, 7) is 2.47. The van der Waals surface area contributed by atoms with Crippen molar-refractivity contribution in [2.45, 2.75) is 19.3 Å². The first-order valence-electron chi connectivity index (χ1n) is 7.31. The molecule has 0 radical (unpaired) electrons. The van der Waals surface area contributed by atoms with Crippen LogP contribution in [0, 0.1) is 6.92 Å². The van der Waals surface area contributed by atoms with Crippen LogP contribution in [-0.2, 0) is 0 Å². The molecule has 0 aliphatic carbocycles. The maximum Gasteiger partial charge on any atom is 0.251 e. The lowest BCUT2D eigenvalue weighted by Crippen LogP contribution is -2.29. The van der Waals surface area contributed by atoms with E-state index < -0.39 is 0 Å². The van der Waals surface area contributed by atoms with E-state index in [0.29, 0.717) is 23.6 Å². The monoisotopic (exact) mass is 317 g/mol. The second kappa shape index (κ2) is 7.97. The van der Waals surface area contributed by atoms with Gasteiger partial charge in [0, 0.05) is 29.7 Å². The first kappa shape index (κ1) is 16.5. The summed E-state index contributed by atoms with van der Waals surface area (Å²) in [7, 11) is 0. The molecule has 0 aliphatic rings. The van der Waals surface area contributed by atoms with Gasteiger partial charge in [-0.25, -0.2) is 0 Å². The van der Waals surface area contributed by atoms with Gasteiger partial charge in [0.1, 0.15) is 0 Å². The first-order valence-corrected chi connectivity index (χ1v) is 7.69. The van der Waals surface area contributed by atoms with E-state index >= 15 is 0 Å². The summed E-state index contributed by atoms with van der Waals surface area (Å²) in [6.07, 6.45) is 0.610. The molecular formula is C18H20ClNO2. The van der Waals surface area contributed by atoms with E-state index in [0.717, 1.165) is 11.1 Å². The summed E-state index contributed by atoms with van der Waals surface area (Å²) >= 11 is 5.99. The Bertz CT molecular complexity index is 608. The van der Waals surface area contributed by atoms with Gasteiger partial charge in [-0.15, -0.1) is 0 Å². The van der Waals surface area contributed by atoms with Crippen LogP contribution in [0.25, 0.3) is 0 Å². The Morgan fingerprint density at radius 3 is 2.59 bits per heavy atom. The zero-order valence-corrected chi connectivity index (χ0v) is 13.3. The standard InChI is InChI=1S/C18H20ClNO2/c1-13-9-16(11-17(19)10-13)18(22)20-12-15(7-8-21)14-5-3-2-4-6-14/h2-6,9-11,15,21H,7-8,12H2,1H3,(H,20,22). The van der Waals surface area contributed by atoms with Crippen LogP contribution in [-0.4, -0.2) is 24.2 Å². The van der Waals surface area contributed by atoms with Crippen molar-refractivity contribution >= 4 is 17.5 Å². The van der Waals surface area contributed by atoms with E-state index in [4.69, 9.17) is 11.6 Å². The zero-order chi connectivity index (χ0) is 15.9. The Morgan fingerprint density at radius 2 is 1.95 bits per heavy atom. The van der Waals surface area contributed by atoms with Crippen LogP contribution < -0.4 is 5.32 Å². The maximum absolute atomic E-state index is 12.3. The largest absolute Gasteiger partial charge is 0.396 e. The minimum atomic E-state index is -0.149. The van der Waals surface area contributed by atoms with E-state index in [1.165, 1.54) is 0 Å². The third-order valence-corrected chi connectivity index (χ3v) is 3.78. The molecule has 116 valence electrons. The summed E-state index contributed by atoms with van der Waals surface area (Å²) in [5, 5.41) is 12.7. The van der Waals surface area contributed by atoms with Crippen molar-refractivity contribution in [3.63, 3.8) is 0 Å². The van der Waals surface area contributed by atoms with Gasteiger partial charge in [0.25, 0.3) is 5.91 Å². The number of carbonyl (C=O) groups excluding carboxylic acids is 1. The molecule has 0 aromatic heterocycles. The average Bonchev–Trinajstić information content (AvgIpc) is 2.51. The van der Waals surface area contributed by atoms with Gasteiger partial charge in [0.2, 0.25) is 0 Å². The van der Waals surface area contributed by atoms with Crippen LogP contribution >= 0.6 is 11.6 Å². The molecule has 0 aliphatic heterocycles. The topological polar surface area (TPSA) is 49.3 Å². The summed E-state index contributed by atoms with van der Waals surface area (Å²) < 4.78 is 0. The predicted octanol–water partition coefficient (Wildman–Crippen LogP) is 3.54. The maximum atomic E-state index is 12.3. The third kappa shape index (κ3) is 4.58. The predicted molar refractivity (Wildman–Crippen MR) is 89.4 cm³/mol. The summed E-state index contributed by atoms with van der Waals surface area (Å²) in [5.74, 6) is -0.0556. The molecule has 1 atom stereocenters. The lowest BCUT2D eigenvalue weighted by molar-refractivity contribution is 0.0949. The second-order valence-electron chi connectivity index (χ2n) is 5.35. The molecule has 2 N–H and O–H groups in total. The van der Waals surface area contributed by atoms with Crippen molar-refractivity contribution in [2.75, 3.05) is 13.2 Å². The van der Waals surface area contributed by atoms with Gasteiger partial charge in [0.05, 0.1) is 0 Å². The highest BCUT2D eigenvalue weighted by Crippen LogP contribution is 2.19. The Labute approximate surface area is 135 Å². The number of hydrogen-bond donors (Lipinski definition) is 2. The van der Waals surface area contributed by atoms with Gasteiger partial charge in [-0.3, -0.25) is 4.79 Å². The van der Waals surface area contributed by atoms with Gasteiger partial charge < -0.3 is 10.4 Å². The Balaban J connectivity index is 2.04. The fourth-order valence-electron chi connectivity index (χ4n) is 2.45. The molecule has 4 heteroatoms. The van der Waals surface area contributed by atoms with Crippen molar-refractivity contribution in [2.24, 2.45) is 0 Å². The minimum absolute atomic E-state index is 0.0890. The number of benzene rings is 2. The molecule has 22 heavy (non-hydrogen) atoms. The normalized spacial score (nSPS) is 12.0. The van der Waals surface area contributed by atoms with Gasteiger partial charge >= 0.3 is 0 Å². The number of aryl methyl sites for hydroxylation is 1. The molecule has 2 rings (SSSR count). The number of aliphatic hydroxyl groups is 1. The molecule has 3 nitrogen and oxygen atoms in total. The Kier molecular flexibility index (Phi) is 5.99. The highest BCUT2D eigenvalue weighted by Gasteiger charge is 2.13. The number of nitrogens with one attached hydrogen (secondary N) is 1. The van der Waals surface area contributed by atoms with Gasteiger partial charge in [-0.2, -0.15) is 0 Å². The molecule has 0 bridgehead atoms. The van der Waals surface area contributed by atoms with E-state index in [1.807, 2.05) is 49.4 Å². The fraction of sp³-hybridized carbons (Fsp3) is 0.278. The van der Waals surface area contributed by atoms with E-state index in [2.05, 4.69) is 5.32 Å². The van der Waals surface area contributed by atoms with Gasteiger partial charge in [-0.05, 0) is 42.7 Å². The number of carbonyl (C=O) groups is 1. The minimum Gasteiger partial charge on any atom is -0.396 e. The van der Waals surface area contributed by atoms with Crippen molar-refractivity contribution in [3.05, 3.63) is 70.2 Å². The lowest BCUT2D eigenvalue weighted by atomic mass is 9.96. The SMILES string of the molecule is Cc1cc(Cl)cc(C(=O)NCC(CCO)c2ccccc2)c1. The average molecular weight is 318 g/mol. The lowest BCUT2D eigenvalue weighted by Gasteiger charge is -2.17. The highest BCUT2D eigenvalue weighted by molar-refractivity contribution is 6.31. The highest BCUT2D eigenvalue weighted by atomic mass is 35.5. The third-order valence-electron chi connectivity index (χ3n) is 3.56. The Morgan fingerprint density at radius 1 is 1.23 bits per heavy atom. The van der Waals surface area contributed by atoms with Crippen molar-refractivity contribution in [1.82, 2.24) is 5.32 Å². The van der Waals surface area contributed by atoms with Crippen LogP contribution in [0.3, 0.4) is 0 Å². The molecule has 0 saturated carbocycles. The van der Waals surface area contributed by atoms with Crippen LogP contribution in [0.2, 0.25) is 5.02 Å². The number of aliphatic hydroxyl groups excluding tert-OH is 1. The molecule has 0 spiro atoms.